The van der Waals surface area contributed by atoms with Crippen molar-refractivity contribution in [2.75, 3.05) is 0 Å². The Kier molecular flexibility index (Phi) is 4.88. The van der Waals surface area contributed by atoms with Gasteiger partial charge in [-0.25, -0.2) is 4.98 Å². The Morgan fingerprint density at radius 1 is 1.36 bits per heavy atom. The molecule has 3 nitrogen and oxygen atoms in total. The third-order valence-corrected chi connectivity index (χ3v) is 5.13. The molecule has 0 spiro atoms. The van der Waals surface area contributed by atoms with Crippen LogP contribution in [0.2, 0.25) is 0 Å². The van der Waals surface area contributed by atoms with Crippen molar-refractivity contribution in [3.63, 3.8) is 0 Å². The van der Waals surface area contributed by atoms with Gasteiger partial charge in [-0.15, -0.1) is 11.3 Å². The van der Waals surface area contributed by atoms with Gasteiger partial charge in [0.1, 0.15) is 4.88 Å². The number of nitrogens with one attached hydrogen (secondary N) is 1. The fourth-order valence-corrected chi connectivity index (χ4v) is 3.63. The topological polar surface area (TPSA) is 42.0 Å². The standard InChI is InChI=1S/C18H22N2OS/c1-2-6-15(11-13-7-4-3-5-8-13)20-17(21)16-12-19-18(22-16)14-9-10-14/h3-5,7-8,12,14-15H,2,6,9-11H2,1H3,(H,20,21). The molecule has 1 saturated carbocycles. The van der Waals surface area contributed by atoms with Crippen molar-refractivity contribution in [2.45, 2.75) is 51.0 Å². The number of thiazole rings is 1. The number of hydrogen-bond donors (Lipinski definition) is 1. The van der Waals surface area contributed by atoms with Crippen LogP contribution in [0.3, 0.4) is 0 Å². The van der Waals surface area contributed by atoms with Crippen LogP contribution in [0.4, 0.5) is 0 Å². The second-order valence-electron chi connectivity index (χ2n) is 5.99. The van der Waals surface area contributed by atoms with E-state index in [2.05, 4.69) is 29.4 Å². The van der Waals surface area contributed by atoms with E-state index in [4.69, 9.17) is 0 Å². The van der Waals surface area contributed by atoms with Crippen molar-refractivity contribution in [1.29, 1.82) is 0 Å². The van der Waals surface area contributed by atoms with Gasteiger partial charge < -0.3 is 5.32 Å². The Morgan fingerprint density at radius 3 is 2.82 bits per heavy atom. The number of aromatic nitrogens is 1. The van der Waals surface area contributed by atoms with E-state index < -0.39 is 0 Å². The Hall–Kier alpha value is -1.68. The molecule has 1 aliphatic rings. The molecule has 1 fully saturated rings. The quantitative estimate of drug-likeness (QED) is 0.833. The molecule has 1 aromatic heterocycles. The Bertz CT molecular complexity index is 619. The van der Waals surface area contributed by atoms with E-state index in [9.17, 15) is 4.79 Å². The van der Waals surface area contributed by atoms with Crippen molar-refractivity contribution in [1.82, 2.24) is 10.3 Å². The molecule has 1 aromatic carbocycles. The predicted molar refractivity (Wildman–Crippen MR) is 90.4 cm³/mol. The van der Waals surface area contributed by atoms with E-state index in [0.717, 1.165) is 29.1 Å². The lowest BCUT2D eigenvalue weighted by Crippen LogP contribution is -2.36. The number of amides is 1. The van der Waals surface area contributed by atoms with Gasteiger partial charge in [0.05, 0.1) is 11.2 Å². The summed E-state index contributed by atoms with van der Waals surface area (Å²) in [5, 5.41) is 4.31. The summed E-state index contributed by atoms with van der Waals surface area (Å²) in [7, 11) is 0. The van der Waals surface area contributed by atoms with Crippen LogP contribution < -0.4 is 5.32 Å². The van der Waals surface area contributed by atoms with Crippen LogP contribution >= 0.6 is 11.3 Å². The smallest absolute Gasteiger partial charge is 0.263 e. The molecule has 0 saturated heterocycles. The molecular weight excluding hydrogens is 292 g/mol. The summed E-state index contributed by atoms with van der Waals surface area (Å²) in [6.45, 7) is 2.15. The van der Waals surface area contributed by atoms with E-state index >= 15 is 0 Å². The van der Waals surface area contributed by atoms with E-state index in [0.29, 0.717) is 5.92 Å². The number of carbonyl (C=O) groups excluding carboxylic acids is 1. The summed E-state index contributed by atoms with van der Waals surface area (Å²) in [4.78, 5) is 17.6. The van der Waals surface area contributed by atoms with E-state index in [1.54, 1.807) is 17.5 Å². The average molecular weight is 314 g/mol. The number of benzene rings is 1. The third kappa shape index (κ3) is 3.95. The normalized spacial score (nSPS) is 15.5. The third-order valence-electron chi connectivity index (χ3n) is 3.97. The lowest BCUT2D eigenvalue weighted by Gasteiger charge is -2.17. The van der Waals surface area contributed by atoms with Crippen molar-refractivity contribution >= 4 is 17.2 Å². The fourth-order valence-electron chi connectivity index (χ4n) is 2.64. The molecule has 0 radical (unpaired) electrons. The zero-order valence-corrected chi connectivity index (χ0v) is 13.7. The number of hydrogen-bond acceptors (Lipinski definition) is 3. The van der Waals surface area contributed by atoms with Crippen LogP contribution in [0.15, 0.2) is 36.5 Å². The fraction of sp³-hybridized carbons (Fsp3) is 0.444. The van der Waals surface area contributed by atoms with E-state index in [-0.39, 0.29) is 11.9 Å². The second kappa shape index (κ2) is 7.05. The maximum Gasteiger partial charge on any atom is 0.263 e. The lowest BCUT2D eigenvalue weighted by molar-refractivity contribution is 0.0938. The molecular formula is C18H22N2OS. The van der Waals surface area contributed by atoms with Crippen molar-refractivity contribution in [2.24, 2.45) is 0 Å². The van der Waals surface area contributed by atoms with Crippen LogP contribution in [-0.4, -0.2) is 16.9 Å². The van der Waals surface area contributed by atoms with Crippen LogP contribution in [0.1, 0.15) is 58.8 Å². The van der Waals surface area contributed by atoms with Crippen LogP contribution in [0.5, 0.6) is 0 Å². The van der Waals surface area contributed by atoms with Gasteiger partial charge in [-0.2, -0.15) is 0 Å². The lowest BCUT2D eigenvalue weighted by atomic mass is 10.0. The van der Waals surface area contributed by atoms with Gasteiger partial charge in [0, 0.05) is 12.0 Å². The molecule has 4 heteroatoms. The maximum absolute atomic E-state index is 12.4. The maximum atomic E-state index is 12.4. The molecule has 2 aromatic rings. The summed E-state index contributed by atoms with van der Waals surface area (Å²) in [5.74, 6) is 0.640. The Labute approximate surface area is 135 Å². The monoisotopic (exact) mass is 314 g/mol. The first-order valence-corrected chi connectivity index (χ1v) is 8.88. The van der Waals surface area contributed by atoms with Gasteiger partial charge in [-0.05, 0) is 31.2 Å². The van der Waals surface area contributed by atoms with Crippen molar-refractivity contribution in [3.05, 3.63) is 52.0 Å². The minimum absolute atomic E-state index is 0.0266. The summed E-state index contributed by atoms with van der Waals surface area (Å²) >= 11 is 1.55. The molecule has 0 bridgehead atoms. The zero-order valence-electron chi connectivity index (χ0n) is 12.9. The summed E-state index contributed by atoms with van der Waals surface area (Å²) in [6.07, 6.45) is 7.12. The van der Waals surface area contributed by atoms with Crippen molar-refractivity contribution in [3.8, 4) is 0 Å². The minimum Gasteiger partial charge on any atom is -0.348 e. The highest BCUT2D eigenvalue weighted by Gasteiger charge is 2.27. The van der Waals surface area contributed by atoms with Crippen LogP contribution in [-0.2, 0) is 6.42 Å². The largest absolute Gasteiger partial charge is 0.348 e. The van der Waals surface area contributed by atoms with Crippen molar-refractivity contribution < 1.29 is 4.79 Å². The van der Waals surface area contributed by atoms with Gasteiger partial charge in [0.25, 0.3) is 5.91 Å². The first kappa shape index (κ1) is 15.2. The SMILES string of the molecule is CCCC(Cc1ccccc1)NC(=O)c1cnc(C2CC2)s1. The average Bonchev–Trinajstić information content (AvgIpc) is 3.25. The molecule has 116 valence electrons. The second-order valence-corrected chi connectivity index (χ2v) is 7.05. The van der Waals surface area contributed by atoms with Gasteiger partial charge >= 0.3 is 0 Å². The molecule has 1 amide bonds. The van der Waals surface area contributed by atoms with Gasteiger partial charge in [0.15, 0.2) is 0 Å². The number of nitrogens with zero attached hydrogens (tertiary/aromatic N) is 1. The highest BCUT2D eigenvalue weighted by molar-refractivity contribution is 7.13. The predicted octanol–water partition coefficient (Wildman–Crippen LogP) is 4.16. The molecule has 22 heavy (non-hydrogen) atoms. The van der Waals surface area contributed by atoms with E-state index in [1.807, 2.05) is 18.2 Å². The Morgan fingerprint density at radius 2 is 2.14 bits per heavy atom. The molecule has 3 rings (SSSR count). The first-order valence-electron chi connectivity index (χ1n) is 8.06. The van der Waals surface area contributed by atoms with Gasteiger partial charge in [-0.3, -0.25) is 4.79 Å². The van der Waals surface area contributed by atoms with E-state index in [1.165, 1.54) is 18.4 Å². The molecule has 1 aliphatic carbocycles. The highest BCUT2D eigenvalue weighted by Crippen LogP contribution is 2.41. The molecule has 1 heterocycles. The molecule has 0 aliphatic heterocycles. The minimum atomic E-state index is 0.0266. The molecule has 1 N–H and O–H groups in total. The zero-order chi connectivity index (χ0) is 15.4. The number of rotatable bonds is 7. The van der Waals surface area contributed by atoms with Crippen LogP contribution in [0, 0.1) is 0 Å². The first-order chi connectivity index (χ1) is 10.8. The van der Waals surface area contributed by atoms with Crippen LogP contribution in [0.25, 0.3) is 0 Å². The molecule has 1 unspecified atom stereocenters. The van der Waals surface area contributed by atoms with Gasteiger partial charge in [-0.1, -0.05) is 43.7 Å². The number of carbonyl (C=O) groups is 1. The molecule has 1 atom stereocenters. The Balaban J connectivity index is 1.62. The summed E-state index contributed by atoms with van der Waals surface area (Å²) in [5.41, 5.74) is 1.27. The summed E-state index contributed by atoms with van der Waals surface area (Å²) < 4.78 is 0. The van der Waals surface area contributed by atoms with Gasteiger partial charge in [0.2, 0.25) is 0 Å². The highest BCUT2D eigenvalue weighted by atomic mass is 32.1. The summed E-state index contributed by atoms with van der Waals surface area (Å²) in [6, 6.07) is 10.5.